The smallest absolute Gasteiger partial charge is 0.337 e. The van der Waals surface area contributed by atoms with Gasteiger partial charge in [-0.25, -0.2) is 4.79 Å². The molecule has 3 heteroatoms. The minimum absolute atomic E-state index is 0.0519. The van der Waals surface area contributed by atoms with Crippen molar-refractivity contribution in [1.82, 2.24) is 0 Å². The minimum Gasteiger partial charge on any atom is -0.478 e. The van der Waals surface area contributed by atoms with Crippen LogP contribution >= 0.6 is 0 Å². The first kappa shape index (κ1) is 12.0. The van der Waals surface area contributed by atoms with Crippen LogP contribution in [0.1, 0.15) is 48.5 Å². The molecule has 1 aromatic rings. The lowest BCUT2D eigenvalue weighted by atomic mass is 9.98. The summed E-state index contributed by atoms with van der Waals surface area (Å²) in [6.45, 7) is 4.13. The zero-order valence-electron chi connectivity index (χ0n) is 10.4. The van der Waals surface area contributed by atoms with Crippen LogP contribution in [0.15, 0.2) is 18.2 Å². The number of para-hydroxylation sites is 1. The van der Waals surface area contributed by atoms with Gasteiger partial charge >= 0.3 is 5.97 Å². The average molecular weight is 233 g/mol. The first-order chi connectivity index (χ1) is 8.02. The van der Waals surface area contributed by atoms with Crippen LogP contribution in [-0.4, -0.2) is 16.6 Å². The maximum atomic E-state index is 11.2. The van der Waals surface area contributed by atoms with Gasteiger partial charge in [-0.2, -0.15) is 0 Å². The Morgan fingerprint density at radius 2 is 2.00 bits per heavy atom. The molecule has 0 saturated heterocycles. The van der Waals surface area contributed by atoms with Gasteiger partial charge in [-0.05, 0) is 38.3 Å². The summed E-state index contributed by atoms with van der Waals surface area (Å²) in [5.74, 6) is -0.863. The number of benzene rings is 1. The highest BCUT2D eigenvalue weighted by Crippen LogP contribution is 2.34. The summed E-state index contributed by atoms with van der Waals surface area (Å²) >= 11 is 0. The van der Waals surface area contributed by atoms with Gasteiger partial charge < -0.3 is 10.4 Å². The molecule has 0 heterocycles. The van der Waals surface area contributed by atoms with Gasteiger partial charge in [0, 0.05) is 5.54 Å². The molecule has 1 fully saturated rings. The molecule has 0 radical (unpaired) electrons. The number of hydrogen-bond donors (Lipinski definition) is 2. The van der Waals surface area contributed by atoms with Crippen LogP contribution in [0, 0.1) is 6.92 Å². The number of anilines is 1. The van der Waals surface area contributed by atoms with Gasteiger partial charge in [-0.15, -0.1) is 0 Å². The van der Waals surface area contributed by atoms with E-state index in [1.807, 2.05) is 13.0 Å². The third kappa shape index (κ3) is 2.43. The molecule has 0 atom stereocenters. The number of aromatic carboxylic acids is 1. The molecular formula is C14H19NO2. The van der Waals surface area contributed by atoms with E-state index in [9.17, 15) is 9.90 Å². The number of carbonyl (C=O) groups is 1. The first-order valence-electron chi connectivity index (χ1n) is 6.13. The Labute approximate surface area is 102 Å². The van der Waals surface area contributed by atoms with Crippen LogP contribution in [0.25, 0.3) is 0 Å². The summed E-state index contributed by atoms with van der Waals surface area (Å²) in [4.78, 5) is 11.2. The van der Waals surface area contributed by atoms with Gasteiger partial charge in [0.1, 0.15) is 0 Å². The Hall–Kier alpha value is -1.51. The second-order valence-corrected chi connectivity index (χ2v) is 5.20. The number of hydrogen-bond acceptors (Lipinski definition) is 2. The van der Waals surface area contributed by atoms with E-state index in [0.717, 1.165) is 24.1 Å². The van der Waals surface area contributed by atoms with E-state index < -0.39 is 5.97 Å². The standard InChI is InChI=1S/C14H19NO2/c1-10-6-5-7-11(13(16)17)12(10)15-14(2)8-3-4-9-14/h5-7,15H,3-4,8-9H2,1-2H3,(H,16,17). The van der Waals surface area contributed by atoms with E-state index in [2.05, 4.69) is 12.2 Å². The van der Waals surface area contributed by atoms with Crippen molar-refractivity contribution >= 4 is 11.7 Å². The third-order valence-corrected chi connectivity index (χ3v) is 3.64. The lowest BCUT2D eigenvalue weighted by molar-refractivity contribution is 0.0697. The number of rotatable bonds is 3. The van der Waals surface area contributed by atoms with Gasteiger partial charge in [0.15, 0.2) is 0 Å². The lowest BCUT2D eigenvalue weighted by Gasteiger charge is -2.28. The molecule has 2 rings (SSSR count). The number of nitrogens with one attached hydrogen (secondary N) is 1. The molecular weight excluding hydrogens is 214 g/mol. The highest BCUT2D eigenvalue weighted by molar-refractivity contribution is 5.95. The van der Waals surface area contributed by atoms with E-state index in [1.165, 1.54) is 12.8 Å². The van der Waals surface area contributed by atoms with Crippen LogP contribution in [0.2, 0.25) is 0 Å². The van der Waals surface area contributed by atoms with Crippen molar-refractivity contribution in [2.45, 2.75) is 45.1 Å². The van der Waals surface area contributed by atoms with Crippen LogP contribution in [0.5, 0.6) is 0 Å². The van der Waals surface area contributed by atoms with Crippen molar-refractivity contribution in [3.63, 3.8) is 0 Å². The van der Waals surface area contributed by atoms with Crippen LogP contribution in [0.4, 0.5) is 5.69 Å². The SMILES string of the molecule is Cc1cccc(C(=O)O)c1NC1(C)CCCC1. The first-order valence-corrected chi connectivity index (χ1v) is 6.13. The van der Waals surface area contributed by atoms with E-state index in [4.69, 9.17) is 0 Å². The van der Waals surface area contributed by atoms with E-state index in [-0.39, 0.29) is 5.54 Å². The maximum absolute atomic E-state index is 11.2. The summed E-state index contributed by atoms with van der Waals surface area (Å²) < 4.78 is 0. The molecule has 0 amide bonds. The highest BCUT2D eigenvalue weighted by Gasteiger charge is 2.29. The molecule has 1 aromatic carbocycles. The molecule has 17 heavy (non-hydrogen) atoms. The summed E-state index contributed by atoms with van der Waals surface area (Å²) in [7, 11) is 0. The van der Waals surface area contributed by atoms with Crippen LogP contribution in [-0.2, 0) is 0 Å². The average Bonchev–Trinajstić information content (AvgIpc) is 2.68. The van der Waals surface area contributed by atoms with E-state index in [0.29, 0.717) is 5.56 Å². The van der Waals surface area contributed by atoms with Gasteiger partial charge in [0.05, 0.1) is 11.3 Å². The molecule has 0 bridgehead atoms. The number of carboxylic acids is 1. The molecule has 92 valence electrons. The predicted molar refractivity (Wildman–Crippen MR) is 68.6 cm³/mol. The Kier molecular flexibility index (Phi) is 3.09. The van der Waals surface area contributed by atoms with Crippen molar-refractivity contribution in [2.75, 3.05) is 5.32 Å². The number of aryl methyl sites for hydroxylation is 1. The largest absolute Gasteiger partial charge is 0.478 e. The maximum Gasteiger partial charge on any atom is 0.337 e. The molecule has 3 nitrogen and oxygen atoms in total. The summed E-state index contributed by atoms with van der Waals surface area (Å²) in [6.07, 6.45) is 4.66. The zero-order chi connectivity index (χ0) is 12.5. The zero-order valence-corrected chi connectivity index (χ0v) is 10.4. The van der Waals surface area contributed by atoms with Crippen LogP contribution < -0.4 is 5.32 Å². The number of carboxylic acid groups (broad SMARTS) is 1. The fraction of sp³-hybridized carbons (Fsp3) is 0.500. The Morgan fingerprint density at radius 3 is 2.59 bits per heavy atom. The predicted octanol–water partition coefficient (Wildman–Crippen LogP) is 3.44. The minimum atomic E-state index is -0.863. The molecule has 0 aromatic heterocycles. The molecule has 2 N–H and O–H groups in total. The molecule has 0 unspecified atom stereocenters. The molecule has 1 saturated carbocycles. The lowest BCUT2D eigenvalue weighted by Crippen LogP contribution is -2.32. The van der Waals surface area contributed by atoms with Gasteiger partial charge in [-0.3, -0.25) is 0 Å². The second-order valence-electron chi connectivity index (χ2n) is 5.20. The Morgan fingerprint density at radius 1 is 1.35 bits per heavy atom. The van der Waals surface area contributed by atoms with E-state index in [1.54, 1.807) is 12.1 Å². The fourth-order valence-electron chi connectivity index (χ4n) is 2.59. The summed E-state index contributed by atoms with van der Waals surface area (Å²) in [5, 5.41) is 12.7. The van der Waals surface area contributed by atoms with Gasteiger partial charge in [-0.1, -0.05) is 25.0 Å². The summed E-state index contributed by atoms with van der Waals surface area (Å²) in [6, 6.07) is 5.41. The summed E-state index contributed by atoms with van der Waals surface area (Å²) in [5.41, 5.74) is 2.21. The van der Waals surface area contributed by atoms with Gasteiger partial charge in [0.25, 0.3) is 0 Å². The molecule has 1 aliphatic rings. The van der Waals surface area contributed by atoms with Crippen molar-refractivity contribution in [2.24, 2.45) is 0 Å². The van der Waals surface area contributed by atoms with Crippen molar-refractivity contribution in [3.8, 4) is 0 Å². The Bertz CT molecular complexity index is 434. The van der Waals surface area contributed by atoms with Crippen molar-refractivity contribution in [3.05, 3.63) is 29.3 Å². The van der Waals surface area contributed by atoms with Crippen LogP contribution in [0.3, 0.4) is 0 Å². The van der Waals surface area contributed by atoms with Gasteiger partial charge in [0.2, 0.25) is 0 Å². The Balaban J connectivity index is 2.34. The van der Waals surface area contributed by atoms with Crippen molar-refractivity contribution < 1.29 is 9.90 Å². The molecule has 0 spiro atoms. The molecule has 0 aliphatic heterocycles. The van der Waals surface area contributed by atoms with Crippen molar-refractivity contribution in [1.29, 1.82) is 0 Å². The molecule has 1 aliphatic carbocycles. The fourth-order valence-corrected chi connectivity index (χ4v) is 2.59. The van der Waals surface area contributed by atoms with E-state index >= 15 is 0 Å². The second kappa shape index (κ2) is 4.40. The third-order valence-electron chi connectivity index (χ3n) is 3.64. The topological polar surface area (TPSA) is 49.3 Å². The highest BCUT2D eigenvalue weighted by atomic mass is 16.4. The normalized spacial score (nSPS) is 18.0. The monoisotopic (exact) mass is 233 g/mol. The quantitative estimate of drug-likeness (QED) is 0.840.